The van der Waals surface area contributed by atoms with Crippen LogP contribution in [0.4, 0.5) is 8.78 Å². The Morgan fingerprint density at radius 1 is 1.24 bits per heavy atom. The predicted octanol–water partition coefficient (Wildman–Crippen LogP) is 4.57. The second-order valence-corrected chi connectivity index (χ2v) is 6.92. The summed E-state index contributed by atoms with van der Waals surface area (Å²) in [6.45, 7) is 0.688. The van der Waals surface area contributed by atoms with Gasteiger partial charge in [0.1, 0.15) is 5.69 Å². The molecule has 1 N–H and O–H groups in total. The zero-order chi connectivity index (χ0) is 18.2. The minimum absolute atomic E-state index is 0.0102. The van der Waals surface area contributed by atoms with E-state index >= 15 is 0 Å². The summed E-state index contributed by atoms with van der Waals surface area (Å²) in [5, 5.41) is 3.82. The molecule has 0 aliphatic heterocycles. The molecule has 4 nitrogen and oxygen atoms in total. The number of amides is 1. The van der Waals surface area contributed by atoms with Gasteiger partial charge in [0.15, 0.2) is 5.69 Å². The van der Waals surface area contributed by atoms with Crippen LogP contribution in [0.15, 0.2) is 30.6 Å². The summed E-state index contributed by atoms with van der Waals surface area (Å²) in [6, 6.07) is 5.00. The van der Waals surface area contributed by atoms with E-state index in [9.17, 15) is 13.6 Å². The van der Waals surface area contributed by atoms with Gasteiger partial charge in [-0.1, -0.05) is 29.3 Å². The Balaban J connectivity index is 1.78. The summed E-state index contributed by atoms with van der Waals surface area (Å²) >= 11 is 12.1. The Kier molecular flexibility index (Phi) is 4.93. The lowest BCUT2D eigenvalue weighted by Gasteiger charge is -2.38. The van der Waals surface area contributed by atoms with Gasteiger partial charge < -0.3 is 5.32 Å². The summed E-state index contributed by atoms with van der Waals surface area (Å²) in [7, 11) is 0. The number of rotatable bonds is 4. The fourth-order valence-electron chi connectivity index (χ4n) is 2.91. The van der Waals surface area contributed by atoms with Crippen molar-refractivity contribution in [1.82, 2.24) is 15.3 Å². The van der Waals surface area contributed by atoms with Gasteiger partial charge in [0.2, 0.25) is 0 Å². The molecule has 0 unspecified atom stereocenters. The molecule has 2 atom stereocenters. The van der Waals surface area contributed by atoms with E-state index in [0.29, 0.717) is 17.0 Å². The van der Waals surface area contributed by atoms with Gasteiger partial charge in [0.05, 0.1) is 0 Å². The first-order valence-corrected chi connectivity index (χ1v) is 8.48. The van der Waals surface area contributed by atoms with Gasteiger partial charge in [-0.15, -0.1) is 0 Å². The van der Waals surface area contributed by atoms with Crippen molar-refractivity contribution >= 4 is 29.1 Å². The quantitative estimate of drug-likeness (QED) is 0.838. The van der Waals surface area contributed by atoms with Crippen LogP contribution >= 0.6 is 23.2 Å². The monoisotopic (exact) mass is 385 g/mol. The van der Waals surface area contributed by atoms with Crippen LogP contribution in [-0.4, -0.2) is 21.9 Å². The number of aromatic nitrogens is 2. The maximum Gasteiger partial charge on any atom is 0.289 e. The standard InChI is InChI=1S/C17H15Cl2F2N3O/c1-17(20,21)15-14(22-6-7-23-15)16(25)24-13-5-4-11(13)10-3-2-9(18)8-12(10)19/h2-3,6-8,11,13H,4-5H2,1H3,(H,24,25)/t11-,13-/m0/s1. The Labute approximate surface area is 153 Å². The van der Waals surface area contributed by atoms with Crippen molar-refractivity contribution in [3.05, 3.63) is 57.6 Å². The minimum atomic E-state index is -3.25. The molecular formula is C17H15Cl2F2N3O. The molecule has 1 aromatic carbocycles. The highest BCUT2D eigenvalue weighted by Crippen LogP contribution is 2.41. The fraction of sp³-hybridized carbons (Fsp3) is 0.353. The number of carbonyl (C=O) groups is 1. The van der Waals surface area contributed by atoms with Gasteiger partial charge in [-0.2, -0.15) is 8.78 Å². The maximum absolute atomic E-state index is 13.6. The summed E-state index contributed by atoms with van der Waals surface area (Å²) in [6.07, 6.45) is 3.93. The Bertz CT molecular complexity index is 811. The lowest BCUT2D eigenvalue weighted by atomic mass is 9.75. The maximum atomic E-state index is 13.6. The van der Waals surface area contributed by atoms with E-state index < -0.39 is 17.5 Å². The lowest BCUT2D eigenvalue weighted by Crippen LogP contribution is -2.46. The zero-order valence-electron chi connectivity index (χ0n) is 13.3. The third-order valence-corrected chi connectivity index (χ3v) is 4.84. The molecule has 1 fully saturated rings. The molecular weight excluding hydrogens is 371 g/mol. The van der Waals surface area contributed by atoms with Crippen LogP contribution in [0.1, 0.15) is 47.4 Å². The molecule has 1 aliphatic rings. The van der Waals surface area contributed by atoms with Crippen molar-refractivity contribution in [3.63, 3.8) is 0 Å². The molecule has 1 saturated carbocycles. The predicted molar refractivity (Wildman–Crippen MR) is 91.3 cm³/mol. The van der Waals surface area contributed by atoms with E-state index in [1.54, 1.807) is 12.1 Å². The molecule has 2 aromatic rings. The normalized spacial score (nSPS) is 20.0. The van der Waals surface area contributed by atoms with Crippen molar-refractivity contribution in [1.29, 1.82) is 0 Å². The van der Waals surface area contributed by atoms with Crippen LogP contribution in [0.25, 0.3) is 0 Å². The second kappa shape index (κ2) is 6.84. The molecule has 0 radical (unpaired) electrons. The van der Waals surface area contributed by atoms with Crippen molar-refractivity contribution in [2.75, 3.05) is 0 Å². The van der Waals surface area contributed by atoms with Crippen LogP contribution in [0.3, 0.4) is 0 Å². The van der Waals surface area contributed by atoms with Crippen LogP contribution in [0, 0.1) is 0 Å². The molecule has 1 aliphatic carbocycles. The highest BCUT2D eigenvalue weighted by atomic mass is 35.5. The fourth-order valence-corrected chi connectivity index (χ4v) is 3.46. The number of alkyl halides is 2. The first-order chi connectivity index (χ1) is 11.8. The highest BCUT2D eigenvalue weighted by molar-refractivity contribution is 6.35. The van der Waals surface area contributed by atoms with Crippen molar-refractivity contribution in [3.8, 4) is 0 Å². The third kappa shape index (κ3) is 3.75. The van der Waals surface area contributed by atoms with Crippen molar-refractivity contribution in [2.24, 2.45) is 0 Å². The molecule has 3 rings (SSSR count). The smallest absolute Gasteiger partial charge is 0.289 e. The minimum Gasteiger partial charge on any atom is -0.347 e. The number of benzene rings is 1. The summed E-state index contributed by atoms with van der Waals surface area (Å²) in [5.41, 5.74) is -0.112. The van der Waals surface area contributed by atoms with Crippen LogP contribution in [0.5, 0.6) is 0 Å². The molecule has 1 aromatic heterocycles. The molecule has 0 saturated heterocycles. The molecule has 25 heavy (non-hydrogen) atoms. The van der Waals surface area contributed by atoms with E-state index in [4.69, 9.17) is 23.2 Å². The first-order valence-electron chi connectivity index (χ1n) is 7.72. The second-order valence-electron chi connectivity index (χ2n) is 6.07. The lowest BCUT2D eigenvalue weighted by molar-refractivity contribution is 0.0110. The SMILES string of the molecule is CC(F)(F)c1nccnc1C(=O)N[C@H]1CC[C@H]1c1ccc(Cl)cc1Cl. The Morgan fingerprint density at radius 2 is 1.96 bits per heavy atom. The van der Waals surface area contributed by atoms with Gasteiger partial charge >= 0.3 is 0 Å². The van der Waals surface area contributed by atoms with E-state index in [1.807, 2.05) is 6.07 Å². The summed E-state index contributed by atoms with van der Waals surface area (Å²) in [4.78, 5) is 19.8. The van der Waals surface area contributed by atoms with Crippen LogP contribution in [-0.2, 0) is 5.92 Å². The topological polar surface area (TPSA) is 54.9 Å². The van der Waals surface area contributed by atoms with E-state index in [-0.39, 0.29) is 17.7 Å². The largest absolute Gasteiger partial charge is 0.347 e. The number of carbonyl (C=O) groups excluding carboxylic acids is 1. The van der Waals surface area contributed by atoms with E-state index in [0.717, 1.165) is 24.6 Å². The molecule has 1 amide bonds. The highest BCUT2D eigenvalue weighted by Gasteiger charge is 2.37. The van der Waals surface area contributed by atoms with E-state index in [2.05, 4.69) is 15.3 Å². The molecule has 0 spiro atoms. The number of halogens is 4. The van der Waals surface area contributed by atoms with Crippen molar-refractivity contribution in [2.45, 2.75) is 37.6 Å². The molecule has 8 heteroatoms. The number of hydrogen-bond acceptors (Lipinski definition) is 3. The molecule has 132 valence electrons. The van der Waals surface area contributed by atoms with Gasteiger partial charge in [-0.3, -0.25) is 9.78 Å². The van der Waals surface area contributed by atoms with Gasteiger partial charge in [0.25, 0.3) is 11.8 Å². The van der Waals surface area contributed by atoms with E-state index in [1.165, 1.54) is 6.20 Å². The average Bonchev–Trinajstić information content (AvgIpc) is 2.53. The number of nitrogens with zero attached hydrogens (tertiary/aromatic N) is 2. The van der Waals surface area contributed by atoms with Gasteiger partial charge in [-0.25, -0.2) is 4.98 Å². The molecule has 1 heterocycles. The van der Waals surface area contributed by atoms with Gasteiger partial charge in [-0.05, 0) is 30.5 Å². The number of hydrogen-bond donors (Lipinski definition) is 1. The third-order valence-electron chi connectivity index (χ3n) is 4.28. The average molecular weight is 386 g/mol. The Hall–Kier alpha value is -1.79. The first kappa shape index (κ1) is 18.0. The summed E-state index contributed by atoms with van der Waals surface area (Å²) < 4.78 is 27.3. The van der Waals surface area contributed by atoms with Crippen LogP contribution in [0.2, 0.25) is 10.0 Å². The van der Waals surface area contributed by atoms with Gasteiger partial charge in [0, 0.05) is 41.3 Å². The number of nitrogens with one attached hydrogen (secondary N) is 1. The zero-order valence-corrected chi connectivity index (χ0v) is 14.8. The summed E-state index contributed by atoms with van der Waals surface area (Å²) in [5.74, 6) is -3.90. The molecule has 0 bridgehead atoms. The Morgan fingerprint density at radius 3 is 2.56 bits per heavy atom. The van der Waals surface area contributed by atoms with Crippen LogP contribution < -0.4 is 5.32 Å². The van der Waals surface area contributed by atoms with Crippen molar-refractivity contribution < 1.29 is 13.6 Å².